The Morgan fingerprint density at radius 2 is 1.92 bits per heavy atom. The topological polar surface area (TPSA) is 50.8 Å². The van der Waals surface area contributed by atoms with Crippen molar-refractivity contribution in [1.29, 1.82) is 0 Å². The Balaban J connectivity index is 1.57. The lowest BCUT2D eigenvalue weighted by Crippen LogP contribution is -2.55. The molecule has 1 aliphatic carbocycles. The third-order valence-electron chi connectivity index (χ3n) is 4.79. The van der Waals surface area contributed by atoms with Crippen molar-refractivity contribution in [1.82, 2.24) is 4.90 Å². The average molecular weight is 372 g/mol. The van der Waals surface area contributed by atoms with Gasteiger partial charge < -0.3 is 14.8 Å². The molecule has 1 aromatic rings. The molecule has 3 rings (SSSR count). The molecule has 1 saturated heterocycles. The van der Waals surface area contributed by atoms with Crippen LogP contribution in [0.5, 0.6) is 5.75 Å². The summed E-state index contributed by atoms with van der Waals surface area (Å²) in [7, 11) is 0. The fraction of sp³-hybridized carbons (Fsp3) is 0.611. The van der Waals surface area contributed by atoms with Crippen molar-refractivity contribution in [2.24, 2.45) is 0 Å². The summed E-state index contributed by atoms with van der Waals surface area (Å²) in [6.07, 6.45) is 0.215. The number of benzene rings is 1. The van der Waals surface area contributed by atoms with E-state index in [-0.39, 0.29) is 17.7 Å². The number of carbonyl (C=O) groups is 1. The first-order chi connectivity index (χ1) is 12.4. The van der Waals surface area contributed by atoms with E-state index in [9.17, 15) is 18.0 Å². The van der Waals surface area contributed by atoms with Gasteiger partial charge in [0.25, 0.3) is 0 Å². The summed E-state index contributed by atoms with van der Waals surface area (Å²) in [5.41, 5.74) is 0.520. The quantitative estimate of drug-likeness (QED) is 0.862. The summed E-state index contributed by atoms with van der Waals surface area (Å²) >= 11 is 0. The maximum atomic E-state index is 12.7. The van der Waals surface area contributed by atoms with Crippen LogP contribution in [0, 0.1) is 0 Å². The van der Waals surface area contributed by atoms with Crippen molar-refractivity contribution in [3.8, 4) is 5.75 Å². The first-order valence-corrected chi connectivity index (χ1v) is 8.86. The van der Waals surface area contributed by atoms with E-state index in [4.69, 9.17) is 4.74 Å². The number of hydrogen-bond donors (Lipinski definition) is 1. The third kappa shape index (κ3) is 5.11. The van der Waals surface area contributed by atoms with Gasteiger partial charge in [0.15, 0.2) is 6.61 Å². The summed E-state index contributed by atoms with van der Waals surface area (Å²) < 4.78 is 46.6. The second-order valence-electron chi connectivity index (χ2n) is 6.68. The summed E-state index contributed by atoms with van der Waals surface area (Å²) in [6.45, 7) is 0.391. The zero-order chi connectivity index (χ0) is 18.6. The average Bonchev–Trinajstić information content (AvgIpc) is 3.15. The SMILES string of the molecule is O=C(Nc1ccc(OCC(F)(F)F)cc1)C1COCCN1C1CCCC1. The molecular weight excluding hydrogens is 349 g/mol. The van der Waals surface area contributed by atoms with Crippen LogP contribution >= 0.6 is 0 Å². The van der Waals surface area contributed by atoms with Crippen LogP contribution in [0.3, 0.4) is 0 Å². The Bertz CT molecular complexity index is 601. The minimum Gasteiger partial charge on any atom is -0.484 e. The molecule has 1 aliphatic heterocycles. The second-order valence-corrected chi connectivity index (χ2v) is 6.68. The summed E-state index contributed by atoms with van der Waals surface area (Å²) in [6, 6.07) is 5.97. The van der Waals surface area contributed by atoms with Gasteiger partial charge in [0, 0.05) is 18.3 Å². The number of rotatable bonds is 5. The second kappa shape index (κ2) is 8.26. The number of amides is 1. The number of hydrogen-bond acceptors (Lipinski definition) is 4. The molecule has 1 unspecified atom stereocenters. The molecule has 0 aromatic heterocycles. The molecule has 2 fully saturated rings. The largest absolute Gasteiger partial charge is 0.484 e. The standard InChI is InChI=1S/C18H23F3N2O3/c19-18(20,21)12-26-15-7-5-13(6-8-15)22-17(24)16-11-25-10-9-23(16)14-3-1-2-4-14/h5-8,14,16H,1-4,9-12H2,(H,22,24). The van der Waals surface area contributed by atoms with Gasteiger partial charge in [0.2, 0.25) is 5.91 Å². The van der Waals surface area contributed by atoms with Crippen LogP contribution in [-0.4, -0.2) is 55.4 Å². The van der Waals surface area contributed by atoms with Crippen LogP contribution in [0.1, 0.15) is 25.7 Å². The lowest BCUT2D eigenvalue weighted by Gasteiger charge is -2.38. The van der Waals surface area contributed by atoms with Crippen LogP contribution in [0.25, 0.3) is 0 Å². The van der Waals surface area contributed by atoms with Crippen molar-refractivity contribution in [3.63, 3.8) is 0 Å². The Morgan fingerprint density at radius 1 is 1.23 bits per heavy atom. The normalized spacial score (nSPS) is 22.3. The van der Waals surface area contributed by atoms with Gasteiger partial charge in [-0.05, 0) is 37.1 Å². The fourth-order valence-corrected chi connectivity index (χ4v) is 3.54. The molecule has 1 atom stereocenters. The van der Waals surface area contributed by atoms with E-state index in [2.05, 4.69) is 15.0 Å². The molecule has 0 bridgehead atoms. The van der Waals surface area contributed by atoms with Gasteiger partial charge in [-0.15, -0.1) is 0 Å². The van der Waals surface area contributed by atoms with Gasteiger partial charge in [0.1, 0.15) is 11.8 Å². The summed E-state index contributed by atoms with van der Waals surface area (Å²) in [4.78, 5) is 14.9. The Kier molecular flexibility index (Phi) is 6.03. The molecule has 1 saturated carbocycles. The van der Waals surface area contributed by atoms with Crippen molar-refractivity contribution in [2.75, 3.05) is 31.7 Å². The lowest BCUT2D eigenvalue weighted by molar-refractivity contribution is -0.153. The van der Waals surface area contributed by atoms with Gasteiger partial charge in [-0.2, -0.15) is 13.2 Å². The highest BCUT2D eigenvalue weighted by molar-refractivity contribution is 5.95. The monoisotopic (exact) mass is 372 g/mol. The first kappa shape index (κ1) is 19.0. The van der Waals surface area contributed by atoms with Crippen LogP contribution in [0.4, 0.5) is 18.9 Å². The maximum absolute atomic E-state index is 12.7. The minimum absolute atomic E-state index is 0.105. The summed E-state index contributed by atoms with van der Waals surface area (Å²) in [5, 5.41) is 2.83. The molecular formula is C18H23F3N2O3. The zero-order valence-electron chi connectivity index (χ0n) is 14.4. The van der Waals surface area contributed by atoms with Gasteiger partial charge in [0.05, 0.1) is 13.2 Å². The van der Waals surface area contributed by atoms with Crippen LogP contribution in [0.2, 0.25) is 0 Å². The van der Waals surface area contributed by atoms with Gasteiger partial charge in [-0.25, -0.2) is 0 Å². The molecule has 0 spiro atoms. The van der Waals surface area contributed by atoms with Crippen molar-refractivity contribution < 1.29 is 27.4 Å². The predicted molar refractivity (Wildman–Crippen MR) is 90.2 cm³/mol. The highest BCUT2D eigenvalue weighted by Crippen LogP contribution is 2.27. The highest BCUT2D eigenvalue weighted by Gasteiger charge is 2.35. The predicted octanol–water partition coefficient (Wildman–Crippen LogP) is 3.21. The molecule has 5 nitrogen and oxygen atoms in total. The number of nitrogens with one attached hydrogen (secondary N) is 1. The van der Waals surface area contributed by atoms with Gasteiger partial charge in [-0.3, -0.25) is 9.69 Å². The third-order valence-corrected chi connectivity index (χ3v) is 4.79. The Labute approximate surface area is 150 Å². The molecule has 8 heteroatoms. The van der Waals surface area contributed by atoms with Crippen molar-refractivity contribution in [3.05, 3.63) is 24.3 Å². The van der Waals surface area contributed by atoms with E-state index in [1.54, 1.807) is 0 Å². The van der Waals surface area contributed by atoms with Gasteiger partial charge in [-0.1, -0.05) is 12.8 Å². The van der Waals surface area contributed by atoms with E-state index in [0.29, 0.717) is 24.9 Å². The Morgan fingerprint density at radius 3 is 2.58 bits per heavy atom. The number of morpholine rings is 1. The maximum Gasteiger partial charge on any atom is 0.422 e. The van der Waals surface area contributed by atoms with Crippen LogP contribution < -0.4 is 10.1 Å². The number of carbonyl (C=O) groups excluding carboxylic acids is 1. The smallest absolute Gasteiger partial charge is 0.422 e. The molecule has 1 aromatic carbocycles. The molecule has 26 heavy (non-hydrogen) atoms. The van der Waals surface area contributed by atoms with Crippen LogP contribution in [0.15, 0.2) is 24.3 Å². The van der Waals surface area contributed by atoms with E-state index in [0.717, 1.165) is 19.4 Å². The molecule has 1 amide bonds. The molecule has 0 radical (unpaired) electrons. The van der Waals surface area contributed by atoms with E-state index in [1.807, 2.05) is 0 Å². The first-order valence-electron chi connectivity index (χ1n) is 8.86. The number of alkyl halides is 3. The number of ether oxygens (including phenoxy) is 2. The highest BCUT2D eigenvalue weighted by atomic mass is 19.4. The zero-order valence-corrected chi connectivity index (χ0v) is 14.4. The van der Waals surface area contributed by atoms with Gasteiger partial charge >= 0.3 is 6.18 Å². The Hall–Kier alpha value is -1.80. The van der Waals surface area contributed by atoms with Crippen molar-refractivity contribution >= 4 is 11.6 Å². The van der Waals surface area contributed by atoms with Crippen molar-refractivity contribution in [2.45, 2.75) is 43.9 Å². The van der Waals surface area contributed by atoms with E-state index < -0.39 is 12.8 Å². The summed E-state index contributed by atoms with van der Waals surface area (Å²) in [5.74, 6) is -0.0468. The number of halogens is 3. The molecule has 144 valence electrons. The number of anilines is 1. The lowest BCUT2D eigenvalue weighted by atomic mass is 10.1. The minimum atomic E-state index is -4.38. The number of nitrogens with zero attached hydrogens (tertiary/aromatic N) is 1. The molecule has 1 heterocycles. The van der Waals surface area contributed by atoms with E-state index >= 15 is 0 Å². The molecule has 2 aliphatic rings. The van der Waals surface area contributed by atoms with Crippen LogP contribution in [-0.2, 0) is 9.53 Å². The fourth-order valence-electron chi connectivity index (χ4n) is 3.54. The molecule has 1 N–H and O–H groups in total. The van der Waals surface area contributed by atoms with E-state index in [1.165, 1.54) is 37.1 Å².